The Morgan fingerprint density at radius 3 is 2.79 bits per heavy atom. The molecule has 14 heavy (non-hydrogen) atoms. The van der Waals surface area contributed by atoms with Crippen molar-refractivity contribution in [3.63, 3.8) is 0 Å². The van der Waals surface area contributed by atoms with Crippen LogP contribution in [0.4, 0.5) is 5.69 Å². The fourth-order valence-corrected chi connectivity index (χ4v) is 1.17. The molecule has 0 fully saturated rings. The lowest BCUT2D eigenvalue weighted by Gasteiger charge is -2.12. The second kappa shape index (κ2) is 5.22. The van der Waals surface area contributed by atoms with E-state index < -0.39 is 0 Å². The third-order valence-corrected chi connectivity index (χ3v) is 1.93. The third-order valence-electron chi connectivity index (χ3n) is 1.93. The first kappa shape index (κ1) is 10.5. The topological polar surface area (TPSA) is 20.3 Å². The Bertz CT molecular complexity index is 329. The van der Waals surface area contributed by atoms with E-state index in [1.54, 1.807) is 0 Å². The molecule has 0 unspecified atom stereocenters. The van der Waals surface area contributed by atoms with Crippen molar-refractivity contribution in [2.24, 2.45) is 0 Å². The highest BCUT2D eigenvalue weighted by Crippen LogP contribution is 2.14. The minimum absolute atomic E-state index is 0.478. The van der Waals surface area contributed by atoms with Crippen LogP contribution in [0.5, 0.6) is 0 Å². The van der Waals surface area contributed by atoms with Gasteiger partial charge in [-0.2, -0.15) is 0 Å². The van der Waals surface area contributed by atoms with Gasteiger partial charge in [-0.3, -0.25) is 0 Å². The zero-order valence-electron chi connectivity index (χ0n) is 8.60. The van der Waals surface area contributed by atoms with Crippen molar-refractivity contribution >= 4 is 18.0 Å². The molecule has 1 aromatic rings. The van der Waals surface area contributed by atoms with Gasteiger partial charge in [0.15, 0.2) is 0 Å². The van der Waals surface area contributed by atoms with E-state index in [0.29, 0.717) is 6.42 Å². The van der Waals surface area contributed by atoms with Crippen LogP contribution in [0.15, 0.2) is 30.3 Å². The maximum Gasteiger partial charge on any atom is 0.123 e. The van der Waals surface area contributed by atoms with Crippen LogP contribution in [0, 0.1) is 0 Å². The van der Waals surface area contributed by atoms with Gasteiger partial charge in [-0.1, -0.05) is 24.3 Å². The number of nitrogens with zero attached hydrogens (tertiary/aromatic N) is 1. The van der Waals surface area contributed by atoms with Gasteiger partial charge in [0.2, 0.25) is 0 Å². The van der Waals surface area contributed by atoms with Crippen LogP contribution in [-0.2, 0) is 4.79 Å². The number of carbonyl (C=O) groups excluding carboxylic acids is 1. The standard InChI is InChI=1S/C12H15NO/c1-13(2)12-8-5-7-11(10-12)6-3-4-9-14/h3,5-10H,4H2,1-2H3. The summed E-state index contributed by atoms with van der Waals surface area (Å²) in [6.45, 7) is 0. The molecule has 0 N–H and O–H groups in total. The molecule has 0 aliphatic heterocycles. The molecule has 74 valence electrons. The average molecular weight is 189 g/mol. The predicted octanol–water partition coefficient (Wildman–Crippen LogP) is 2.35. The van der Waals surface area contributed by atoms with E-state index in [9.17, 15) is 4.79 Å². The lowest BCUT2D eigenvalue weighted by molar-refractivity contribution is -0.107. The zero-order valence-corrected chi connectivity index (χ0v) is 8.60. The lowest BCUT2D eigenvalue weighted by Crippen LogP contribution is -2.08. The van der Waals surface area contributed by atoms with Crippen LogP contribution < -0.4 is 4.90 Å². The summed E-state index contributed by atoms with van der Waals surface area (Å²) >= 11 is 0. The third kappa shape index (κ3) is 3.05. The fourth-order valence-electron chi connectivity index (χ4n) is 1.17. The number of hydrogen-bond donors (Lipinski definition) is 0. The quantitative estimate of drug-likeness (QED) is 0.678. The van der Waals surface area contributed by atoms with Crippen molar-refractivity contribution in [1.29, 1.82) is 0 Å². The fraction of sp³-hybridized carbons (Fsp3) is 0.250. The van der Waals surface area contributed by atoms with Gasteiger partial charge >= 0.3 is 0 Å². The largest absolute Gasteiger partial charge is 0.378 e. The highest BCUT2D eigenvalue weighted by Gasteiger charge is 1.93. The molecule has 0 aromatic heterocycles. The van der Waals surface area contributed by atoms with E-state index in [-0.39, 0.29) is 0 Å². The first-order valence-electron chi connectivity index (χ1n) is 4.61. The summed E-state index contributed by atoms with van der Waals surface area (Å²) in [5, 5.41) is 0. The molecule has 0 radical (unpaired) electrons. The van der Waals surface area contributed by atoms with Crippen LogP contribution in [0.25, 0.3) is 6.08 Å². The Morgan fingerprint density at radius 1 is 1.36 bits per heavy atom. The first-order chi connectivity index (χ1) is 6.74. The van der Waals surface area contributed by atoms with Gasteiger partial charge in [0.25, 0.3) is 0 Å². The van der Waals surface area contributed by atoms with Crippen LogP contribution in [-0.4, -0.2) is 20.4 Å². The van der Waals surface area contributed by atoms with Crippen molar-refractivity contribution in [2.45, 2.75) is 6.42 Å². The number of aldehydes is 1. The SMILES string of the molecule is CN(C)c1cccc(C=CCC=O)c1. The molecular formula is C12H15NO. The summed E-state index contributed by atoms with van der Waals surface area (Å²) < 4.78 is 0. The Hall–Kier alpha value is -1.57. The van der Waals surface area contributed by atoms with Crippen LogP contribution in [0.1, 0.15) is 12.0 Å². The normalized spacial score (nSPS) is 10.4. The molecular weight excluding hydrogens is 174 g/mol. The highest BCUT2D eigenvalue weighted by molar-refractivity contribution is 5.61. The van der Waals surface area contributed by atoms with Gasteiger partial charge < -0.3 is 9.69 Å². The van der Waals surface area contributed by atoms with Gasteiger partial charge in [0.05, 0.1) is 0 Å². The summed E-state index contributed by atoms with van der Waals surface area (Å²) in [4.78, 5) is 12.2. The van der Waals surface area contributed by atoms with Crippen LogP contribution >= 0.6 is 0 Å². The van der Waals surface area contributed by atoms with Gasteiger partial charge in [-0.15, -0.1) is 0 Å². The Labute approximate surface area is 84.9 Å². The summed E-state index contributed by atoms with van der Waals surface area (Å²) in [6.07, 6.45) is 5.20. The zero-order chi connectivity index (χ0) is 10.4. The van der Waals surface area contributed by atoms with Crippen molar-refractivity contribution in [1.82, 2.24) is 0 Å². The number of carbonyl (C=O) groups is 1. The highest BCUT2D eigenvalue weighted by atomic mass is 16.1. The van der Waals surface area contributed by atoms with Gasteiger partial charge in [0.1, 0.15) is 6.29 Å². The lowest BCUT2D eigenvalue weighted by atomic mass is 10.1. The molecule has 0 aliphatic rings. The average Bonchev–Trinajstić information content (AvgIpc) is 2.19. The molecule has 1 aromatic carbocycles. The van der Waals surface area contributed by atoms with Gasteiger partial charge in [-0.25, -0.2) is 0 Å². The molecule has 0 bridgehead atoms. The van der Waals surface area contributed by atoms with E-state index in [0.717, 1.165) is 11.8 Å². The molecule has 0 saturated heterocycles. The Morgan fingerprint density at radius 2 is 2.14 bits per heavy atom. The smallest absolute Gasteiger partial charge is 0.123 e. The maximum absolute atomic E-state index is 10.1. The molecule has 0 atom stereocenters. The van der Waals surface area contributed by atoms with Crippen molar-refractivity contribution in [3.05, 3.63) is 35.9 Å². The summed E-state index contributed by atoms with van der Waals surface area (Å²) in [7, 11) is 4.02. The Balaban J connectivity index is 2.78. The maximum atomic E-state index is 10.1. The molecule has 2 heteroatoms. The predicted molar refractivity (Wildman–Crippen MR) is 60.5 cm³/mol. The second-order valence-electron chi connectivity index (χ2n) is 3.29. The van der Waals surface area contributed by atoms with E-state index in [4.69, 9.17) is 0 Å². The summed E-state index contributed by atoms with van der Waals surface area (Å²) in [5.41, 5.74) is 2.29. The minimum atomic E-state index is 0.478. The molecule has 0 aliphatic carbocycles. The van der Waals surface area contributed by atoms with E-state index >= 15 is 0 Å². The van der Waals surface area contributed by atoms with Gasteiger partial charge in [0, 0.05) is 26.2 Å². The van der Waals surface area contributed by atoms with Crippen molar-refractivity contribution in [2.75, 3.05) is 19.0 Å². The number of rotatable bonds is 4. The van der Waals surface area contributed by atoms with E-state index in [1.807, 2.05) is 38.4 Å². The van der Waals surface area contributed by atoms with E-state index in [1.165, 1.54) is 5.69 Å². The van der Waals surface area contributed by atoms with Gasteiger partial charge in [-0.05, 0) is 17.7 Å². The Kier molecular flexibility index (Phi) is 3.92. The van der Waals surface area contributed by atoms with Crippen molar-refractivity contribution in [3.8, 4) is 0 Å². The number of benzene rings is 1. The molecule has 0 amide bonds. The molecule has 2 nitrogen and oxygen atoms in total. The van der Waals surface area contributed by atoms with E-state index in [2.05, 4.69) is 17.0 Å². The molecule has 0 heterocycles. The monoisotopic (exact) mass is 189 g/mol. The minimum Gasteiger partial charge on any atom is -0.378 e. The van der Waals surface area contributed by atoms with Crippen LogP contribution in [0.3, 0.4) is 0 Å². The first-order valence-corrected chi connectivity index (χ1v) is 4.61. The van der Waals surface area contributed by atoms with Crippen molar-refractivity contribution < 1.29 is 4.79 Å². The number of hydrogen-bond acceptors (Lipinski definition) is 2. The second-order valence-corrected chi connectivity index (χ2v) is 3.29. The number of allylic oxidation sites excluding steroid dienone is 1. The molecule has 0 saturated carbocycles. The molecule has 1 rings (SSSR count). The number of anilines is 1. The summed E-state index contributed by atoms with van der Waals surface area (Å²) in [6, 6.07) is 8.17. The molecule has 0 spiro atoms. The van der Waals surface area contributed by atoms with Crippen LogP contribution in [0.2, 0.25) is 0 Å². The summed E-state index contributed by atoms with van der Waals surface area (Å²) in [5.74, 6) is 0.